The zero-order valence-electron chi connectivity index (χ0n) is 17.5. The number of carbonyl (C=O) groups is 1. The minimum absolute atomic E-state index is 0.0394. The number of ketones is 1. The lowest BCUT2D eigenvalue weighted by atomic mass is 9.69. The molecule has 1 aromatic rings. The molecule has 1 aromatic carbocycles. The summed E-state index contributed by atoms with van der Waals surface area (Å²) in [6, 6.07) is 4.04. The Balaban J connectivity index is 0.000000275. The number of rotatable bonds is 3. The van der Waals surface area contributed by atoms with Gasteiger partial charge < -0.3 is 15.2 Å². The van der Waals surface area contributed by atoms with Gasteiger partial charge in [0, 0.05) is 17.9 Å². The van der Waals surface area contributed by atoms with Gasteiger partial charge in [0.2, 0.25) is 0 Å². The van der Waals surface area contributed by atoms with Crippen LogP contribution in [0.1, 0.15) is 62.1 Å². The first-order valence-corrected chi connectivity index (χ1v) is 10.3. The number of ether oxygens (including phenoxy) is 1. The normalized spacial score (nSPS) is 22.9. The van der Waals surface area contributed by atoms with Gasteiger partial charge in [-0.3, -0.25) is 4.79 Å². The van der Waals surface area contributed by atoms with Crippen molar-refractivity contribution in [2.45, 2.75) is 58.8 Å². The minimum Gasteiger partial charge on any atom is -0.507 e. The Morgan fingerprint density at radius 3 is 2.48 bits per heavy atom. The maximum Gasteiger partial charge on any atom is 0.197 e. The van der Waals surface area contributed by atoms with E-state index < -0.39 is 0 Å². The van der Waals surface area contributed by atoms with Crippen molar-refractivity contribution in [3.8, 4) is 5.75 Å². The fraction of sp³-hybridized carbons (Fsp3) is 0.609. The fourth-order valence-corrected chi connectivity index (χ4v) is 3.96. The zero-order chi connectivity index (χ0) is 20.0. The van der Waals surface area contributed by atoms with Crippen molar-refractivity contribution >= 4 is 5.78 Å². The molecule has 1 saturated carbocycles. The molecule has 0 saturated heterocycles. The average Bonchev–Trinajstić information content (AvgIpc) is 3.50. The van der Waals surface area contributed by atoms with Crippen molar-refractivity contribution in [3.63, 3.8) is 0 Å². The summed E-state index contributed by atoms with van der Waals surface area (Å²) >= 11 is 0. The number of phenolic OH excluding ortho intramolecular Hbond substituents is 1. The summed E-state index contributed by atoms with van der Waals surface area (Å²) in [5, 5.41) is 13.5. The molecule has 0 aromatic heterocycles. The summed E-state index contributed by atoms with van der Waals surface area (Å²) in [6.45, 7) is 7.14. The van der Waals surface area contributed by atoms with E-state index in [1.807, 2.05) is 40.0 Å². The zero-order valence-corrected chi connectivity index (χ0v) is 17.5. The Morgan fingerprint density at radius 2 is 1.93 bits per heavy atom. The molecule has 2 unspecified atom stereocenters. The van der Waals surface area contributed by atoms with E-state index in [9.17, 15) is 9.90 Å². The summed E-state index contributed by atoms with van der Waals surface area (Å²) in [5.41, 5.74) is 3.05. The number of allylic oxidation sites excluding steroid dienone is 2. The number of Topliss-reactive ketones (excluding diaryl/α,β-unsaturated/α-hetero) is 1. The molecular weight excluding hydrogens is 338 g/mol. The standard InChI is InChI=1S/C16H18O3.C5H11N.C2H6/c1-9-3-4-10-5-6-11-7-14(19-2)13(17)8-12(11)15(10)16(9)18;1-6-4-5-2-3-5;1-2/h3-4,7,11-12,18H,5-6,8H2,1-2H3;5-6H,2-4H2,1H3;1-2H3. The van der Waals surface area contributed by atoms with E-state index in [1.165, 1.54) is 24.9 Å². The van der Waals surface area contributed by atoms with E-state index in [0.717, 1.165) is 29.9 Å². The van der Waals surface area contributed by atoms with Crippen molar-refractivity contribution in [2.75, 3.05) is 20.7 Å². The number of hydrogen-bond acceptors (Lipinski definition) is 4. The monoisotopic (exact) mass is 373 g/mol. The van der Waals surface area contributed by atoms with Crippen LogP contribution >= 0.6 is 0 Å². The van der Waals surface area contributed by atoms with E-state index in [0.29, 0.717) is 23.8 Å². The maximum atomic E-state index is 12.0. The van der Waals surface area contributed by atoms with Crippen molar-refractivity contribution < 1.29 is 14.6 Å². The van der Waals surface area contributed by atoms with E-state index in [1.54, 1.807) is 7.11 Å². The molecule has 0 bridgehead atoms. The van der Waals surface area contributed by atoms with Crippen molar-refractivity contribution in [1.29, 1.82) is 0 Å². The molecule has 4 nitrogen and oxygen atoms in total. The number of benzene rings is 1. The van der Waals surface area contributed by atoms with Crippen LogP contribution in [0.3, 0.4) is 0 Å². The summed E-state index contributed by atoms with van der Waals surface area (Å²) in [5.74, 6) is 2.33. The second kappa shape index (κ2) is 9.93. The van der Waals surface area contributed by atoms with Gasteiger partial charge in [0.25, 0.3) is 0 Å². The van der Waals surface area contributed by atoms with Crippen molar-refractivity contribution in [3.05, 3.63) is 40.7 Å². The second-order valence-electron chi connectivity index (χ2n) is 7.48. The van der Waals surface area contributed by atoms with Crippen molar-refractivity contribution in [1.82, 2.24) is 5.32 Å². The van der Waals surface area contributed by atoms with Gasteiger partial charge in [0.1, 0.15) is 5.75 Å². The number of fused-ring (bicyclic) bond motifs is 3. The van der Waals surface area contributed by atoms with E-state index in [-0.39, 0.29) is 11.7 Å². The third-order valence-corrected chi connectivity index (χ3v) is 5.60. The summed E-state index contributed by atoms with van der Waals surface area (Å²) in [4.78, 5) is 12.0. The molecular formula is C23H35NO3. The first-order chi connectivity index (χ1) is 13.0. The van der Waals surface area contributed by atoms with Gasteiger partial charge in [-0.05, 0) is 75.2 Å². The number of methoxy groups -OCH3 is 1. The molecule has 2 atom stereocenters. The Kier molecular flexibility index (Phi) is 7.91. The van der Waals surface area contributed by atoms with Gasteiger partial charge in [0.05, 0.1) is 7.11 Å². The SMILES string of the molecule is CC.CNCC1CC1.COC1=CC2CCc3ccc(C)c(O)c3C2CC1=O. The molecule has 27 heavy (non-hydrogen) atoms. The van der Waals surface area contributed by atoms with Crippen molar-refractivity contribution in [2.24, 2.45) is 11.8 Å². The smallest absolute Gasteiger partial charge is 0.197 e. The van der Waals surface area contributed by atoms with E-state index in [4.69, 9.17) is 4.74 Å². The van der Waals surface area contributed by atoms with Crippen LogP contribution in [-0.2, 0) is 16.0 Å². The summed E-state index contributed by atoms with van der Waals surface area (Å²) < 4.78 is 5.14. The molecule has 0 radical (unpaired) electrons. The van der Waals surface area contributed by atoms with Crippen LogP contribution in [0.15, 0.2) is 24.0 Å². The highest BCUT2D eigenvalue weighted by Gasteiger charge is 2.37. The van der Waals surface area contributed by atoms with Crippen LogP contribution in [0.4, 0.5) is 0 Å². The molecule has 1 fully saturated rings. The minimum atomic E-state index is 0.0394. The number of carbonyl (C=O) groups excluding carboxylic acids is 1. The average molecular weight is 374 g/mol. The molecule has 3 aliphatic rings. The predicted molar refractivity (Wildman–Crippen MR) is 110 cm³/mol. The van der Waals surface area contributed by atoms with E-state index >= 15 is 0 Å². The Labute approximate surface area is 164 Å². The van der Waals surface area contributed by atoms with Crippen LogP contribution in [0.2, 0.25) is 0 Å². The molecule has 4 heteroatoms. The van der Waals surface area contributed by atoms with Gasteiger partial charge in [0.15, 0.2) is 11.5 Å². The largest absolute Gasteiger partial charge is 0.507 e. The quantitative estimate of drug-likeness (QED) is 0.819. The molecule has 0 heterocycles. The summed E-state index contributed by atoms with van der Waals surface area (Å²) in [6.07, 6.45) is 7.27. The topological polar surface area (TPSA) is 58.6 Å². The number of hydrogen-bond donors (Lipinski definition) is 2. The number of aryl methyl sites for hydroxylation is 2. The molecule has 150 valence electrons. The van der Waals surface area contributed by atoms with Crippen LogP contribution in [0, 0.1) is 18.8 Å². The molecule has 4 rings (SSSR count). The highest BCUT2D eigenvalue weighted by molar-refractivity contribution is 5.95. The van der Waals surface area contributed by atoms with Gasteiger partial charge in [-0.2, -0.15) is 0 Å². The third kappa shape index (κ3) is 5.13. The first kappa shape index (κ1) is 21.5. The predicted octanol–water partition coefficient (Wildman–Crippen LogP) is 4.49. The molecule has 0 amide bonds. The van der Waals surface area contributed by atoms with Crippen LogP contribution < -0.4 is 5.32 Å². The van der Waals surface area contributed by atoms with Gasteiger partial charge in [-0.25, -0.2) is 0 Å². The molecule has 3 aliphatic carbocycles. The lowest BCUT2D eigenvalue weighted by Gasteiger charge is -2.35. The number of aromatic hydroxyl groups is 1. The van der Waals surface area contributed by atoms with Gasteiger partial charge in [-0.15, -0.1) is 0 Å². The van der Waals surface area contributed by atoms with E-state index in [2.05, 4.69) is 11.4 Å². The van der Waals surface area contributed by atoms with Gasteiger partial charge in [-0.1, -0.05) is 26.0 Å². The fourth-order valence-electron chi connectivity index (χ4n) is 3.96. The lowest BCUT2D eigenvalue weighted by molar-refractivity contribution is -0.119. The molecule has 2 N–H and O–H groups in total. The van der Waals surface area contributed by atoms with Crippen LogP contribution in [-0.4, -0.2) is 31.6 Å². The van der Waals surface area contributed by atoms with Crippen LogP contribution in [0.25, 0.3) is 0 Å². The Morgan fingerprint density at radius 1 is 1.22 bits per heavy atom. The third-order valence-electron chi connectivity index (χ3n) is 5.60. The molecule has 0 aliphatic heterocycles. The number of nitrogens with one attached hydrogen (secondary N) is 1. The Hall–Kier alpha value is -1.81. The Bertz CT molecular complexity index is 676. The highest BCUT2D eigenvalue weighted by Crippen LogP contribution is 2.47. The lowest BCUT2D eigenvalue weighted by Crippen LogP contribution is -2.27. The first-order valence-electron chi connectivity index (χ1n) is 10.3. The second-order valence-corrected chi connectivity index (χ2v) is 7.48. The van der Waals surface area contributed by atoms with Crippen LogP contribution in [0.5, 0.6) is 5.75 Å². The number of phenols is 1. The highest BCUT2D eigenvalue weighted by atomic mass is 16.5. The maximum absolute atomic E-state index is 12.0. The van der Waals surface area contributed by atoms with Gasteiger partial charge >= 0.3 is 0 Å². The molecule has 0 spiro atoms. The summed E-state index contributed by atoms with van der Waals surface area (Å²) in [7, 11) is 3.56.